The highest BCUT2D eigenvalue weighted by molar-refractivity contribution is 9.10. The number of likely N-dealkylation sites (tertiary alicyclic amines) is 2. The fourth-order valence-corrected chi connectivity index (χ4v) is 16.3. The predicted molar refractivity (Wildman–Crippen MR) is 434 cm³/mol. The third-order valence-electron chi connectivity index (χ3n) is 22.7. The number of nitrogens with zero attached hydrogens (tertiary/aromatic N) is 8. The summed E-state index contributed by atoms with van der Waals surface area (Å²) in [4.78, 5) is 81.8. The van der Waals surface area contributed by atoms with Gasteiger partial charge in [0.1, 0.15) is 46.8 Å². The lowest BCUT2D eigenvalue weighted by Gasteiger charge is -2.42. The molecule has 40 heteroatoms. The number of benzene rings is 7. The largest absolute Gasteiger partial charge is 0.393 e. The number of alkyl halides is 10. The number of nitrogens with one attached hydrogen (secondary N) is 4. The van der Waals surface area contributed by atoms with Crippen LogP contribution < -0.4 is 21.3 Å². The molecule has 22 nitrogen and oxygen atoms in total. The summed E-state index contributed by atoms with van der Waals surface area (Å²) in [7, 11) is 1.61. The van der Waals surface area contributed by atoms with Crippen molar-refractivity contribution in [2.75, 3.05) is 47.4 Å². The molecule has 8 aromatic rings. The number of hydrogen-bond donors (Lipinski definition) is 8. The molecular weight excluding hydrogens is 1790 g/mol. The van der Waals surface area contributed by atoms with E-state index in [4.69, 9.17) is 11.8 Å². The van der Waals surface area contributed by atoms with Gasteiger partial charge in [-0.15, -0.1) is 0 Å². The van der Waals surface area contributed by atoms with E-state index in [0.717, 1.165) is 98.8 Å². The van der Waals surface area contributed by atoms with Gasteiger partial charge < -0.3 is 61.3 Å². The Bertz CT molecular complexity index is 5700. The topological polar surface area (TPSA) is 290 Å². The number of allylic oxidation sites excluding steroid dienone is 2. The number of nitriles is 1. The number of piperidine rings is 4. The van der Waals surface area contributed by atoms with Gasteiger partial charge in [0.15, 0.2) is 11.3 Å². The molecule has 6 aliphatic rings. The number of carbonyl (C=O) groups is 6. The van der Waals surface area contributed by atoms with Crippen LogP contribution in [-0.2, 0) is 40.3 Å². The van der Waals surface area contributed by atoms with Crippen LogP contribution in [0, 0.1) is 58.6 Å². The molecule has 1 aromatic heterocycles. The number of fused-ring (bicyclic) bond motifs is 4. The summed E-state index contributed by atoms with van der Waals surface area (Å²) in [5.74, 6) is -30.6. The van der Waals surface area contributed by atoms with E-state index in [0.29, 0.717) is 91.1 Å². The molecule has 678 valence electrons. The monoisotopic (exact) mass is 1870 g/mol. The predicted octanol–water partition coefficient (Wildman–Crippen LogP) is 16.7. The van der Waals surface area contributed by atoms with Crippen molar-refractivity contribution >= 4 is 79.8 Å². The van der Waals surface area contributed by atoms with E-state index >= 15 is 17.6 Å². The van der Waals surface area contributed by atoms with Crippen molar-refractivity contribution in [2.24, 2.45) is 7.05 Å². The Morgan fingerprint density at radius 2 is 0.797 bits per heavy atom. The number of amides is 6. The van der Waals surface area contributed by atoms with Crippen LogP contribution in [0.1, 0.15) is 147 Å². The average Bonchev–Trinajstić information content (AvgIpc) is 1.03. The molecule has 6 fully saturated rings. The number of anilines is 4. The first-order valence-electron chi connectivity index (χ1n) is 39.4. The van der Waals surface area contributed by atoms with Crippen molar-refractivity contribution in [1.29, 1.82) is 5.26 Å². The van der Waals surface area contributed by atoms with Crippen LogP contribution in [0.25, 0.3) is 4.85 Å². The number of aliphatic hydroxyl groups excluding tert-OH is 4. The number of rotatable bonds is 18. The van der Waals surface area contributed by atoms with Crippen LogP contribution in [0.15, 0.2) is 169 Å². The molecule has 6 aliphatic heterocycles. The van der Waals surface area contributed by atoms with Crippen molar-refractivity contribution < 1.29 is 124 Å². The number of aryl methyl sites for hydroxylation is 1. The van der Waals surface area contributed by atoms with Crippen molar-refractivity contribution in [3.05, 3.63) is 271 Å². The first kappa shape index (κ1) is 96.4. The zero-order chi connectivity index (χ0) is 93.9. The van der Waals surface area contributed by atoms with E-state index in [1.54, 1.807) is 13.1 Å². The molecule has 7 aromatic carbocycles. The number of aliphatic hydroxyl groups is 4. The zero-order valence-corrected chi connectivity index (χ0v) is 69.4. The molecular formula is C88H80BrF17N12O10. The van der Waals surface area contributed by atoms with Gasteiger partial charge in [0.2, 0.25) is 5.69 Å². The Labute approximate surface area is 728 Å². The second-order valence-electron chi connectivity index (χ2n) is 31.9. The summed E-state index contributed by atoms with van der Waals surface area (Å²) < 4.78 is 249. The van der Waals surface area contributed by atoms with Crippen molar-refractivity contribution in [1.82, 2.24) is 29.4 Å². The highest BCUT2D eigenvalue weighted by Crippen LogP contribution is 2.49. The van der Waals surface area contributed by atoms with E-state index < -0.39 is 188 Å². The minimum absolute atomic E-state index is 0.0132. The molecule has 14 rings (SSSR count). The summed E-state index contributed by atoms with van der Waals surface area (Å²) in [5.41, 5.74) is -11.5. The molecule has 0 radical (unpaired) electrons. The fourth-order valence-electron chi connectivity index (χ4n) is 15.9. The maximum absolute atomic E-state index is 15.4. The summed E-state index contributed by atoms with van der Waals surface area (Å²) in [5, 5.41) is 61.4. The average molecular weight is 1870 g/mol. The molecule has 7 heterocycles. The van der Waals surface area contributed by atoms with Gasteiger partial charge in [-0.3, -0.25) is 33.4 Å². The van der Waals surface area contributed by atoms with Crippen molar-refractivity contribution in [3.8, 4) is 6.07 Å². The molecule has 128 heavy (non-hydrogen) atoms. The van der Waals surface area contributed by atoms with E-state index in [-0.39, 0.29) is 99.6 Å². The third kappa shape index (κ3) is 21.1. The lowest BCUT2D eigenvalue weighted by molar-refractivity contribution is -0.167. The molecule has 6 unspecified atom stereocenters. The molecule has 4 bridgehead atoms. The van der Waals surface area contributed by atoms with Crippen molar-refractivity contribution in [3.63, 3.8) is 0 Å². The van der Waals surface area contributed by atoms with Gasteiger partial charge >= 0.3 is 23.7 Å². The molecule has 6 amide bonds. The van der Waals surface area contributed by atoms with Gasteiger partial charge in [0.05, 0.1) is 99.6 Å². The van der Waals surface area contributed by atoms with E-state index in [1.807, 2.05) is 0 Å². The highest BCUT2D eigenvalue weighted by atomic mass is 79.9. The van der Waals surface area contributed by atoms with Crippen LogP contribution in [0.5, 0.6) is 0 Å². The van der Waals surface area contributed by atoms with E-state index in [9.17, 15) is 106 Å². The second-order valence-corrected chi connectivity index (χ2v) is 32.7. The molecule has 0 spiro atoms. The number of hydrogen-bond acceptors (Lipinski definition) is 14. The first-order chi connectivity index (χ1) is 60.0. The highest BCUT2D eigenvalue weighted by Gasteiger charge is 2.55. The first-order valence-corrected chi connectivity index (χ1v) is 40.2. The lowest BCUT2D eigenvalue weighted by atomic mass is 9.92. The fraction of sp³-hybridized carbons (Fsp3) is 0.352. The summed E-state index contributed by atoms with van der Waals surface area (Å²) in [6, 6.07) is 20.2. The maximum atomic E-state index is 15.4. The SMILES string of the molecule is C=C(N1[C@@H]2CC[C@H]1CC(O)C2)C(F)(F)c1cc(C(=O)Nc2ccc(F)c(Br)c2)ccc1F.CC1(F)CN(C(=O)C(F)(F)c2cc(C(=O)Nc3ccc(F)c(C#N)c3)ccc2F)CCC1O.Cn1cc(NC(=O)c2ccc(F)c(C(F)(F)C(=O)N3CCC(O)C(C)(F)C3)c2)cn1.[C-]#[N+]c1cc(NC(=O)c2ccc(F)c(C(F)(F)C(=C)N3[C@@H]4CC[C@H]3CC(O)C4)c2)ccc1F. The molecule has 0 saturated carbocycles. The van der Waals surface area contributed by atoms with Crippen LogP contribution >= 0.6 is 15.9 Å². The van der Waals surface area contributed by atoms with Crippen LogP contribution in [-0.4, -0.2) is 171 Å². The van der Waals surface area contributed by atoms with Gasteiger partial charge in [0.25, 0.3) is 35.4 Å². The Hall–Kier alpha value is -12.2. The summed E-state index contributed by atoms with van der Waals surface area (Å²) in [6.07, 6.45) is 2.40. The summed E-state index contributed by atoms with van der Waals surface area (Å²) in [6.45, 7) is 13.8. The second kappa shape index (κ2) is 38.4. The Morgan fingerprint density at radius 3 is 1.12 bits per heavy atom. The molecule has 10 atom stereocenters. The molecule has 6 saturated heterocycles. The normalized spacial score (nSPS) is 21.9. The van der Waals surface area contributed by atoms with Gasteiger partial charge in [-0.2, -0.15) is 45.5 Å². The number of halogens is 18. The maximum Gasteiger partial charge on any atom is 0.352 e. The lowest BCUT2D eigenvalue weighted by Crippen LogP contribution is -2.56. The van der Waals surface area contributed by atoms with Crippen LogP contribution in [0.4, 0.5) is 103 Å². The van der Waals surface area contributed by atoms with Gasteiger partial charge in [-0.25, -0.2) is 44.4 Å². The standard InChI is InChI=1S/C24H21F4N3O2.C23H21BrF4N2O2.C22H18F5N3O3.C19H20F4N4O3/c1-13(31-16-5-6-17(31)12-18(32)11-16)24(27,28)19-9-14(3-7-20(19)25)23(33)30-15-4-8-21(26)22(10-15)29-2;1-12(30-15-4-5-16(30)11-17(31)10-15)23(27,28)18-8-13(2-6-20(18)25)22(32)29-14-3-7-21(26)19(24)9-14;1-21(25)11-30(7-6-18(21)31)20(33)22(26,27)15-9-12(2-4-17(15)24)19(32)29-14-3-5-16(23)13(8-14)10-28;1-18(21)10-27(6-5-15(18)28)17(30)19(22,23)13-7-11(3-4-14(13)20)16(29)25-12-8-24-26(2)9-12/h3-4,7-10,16-18,32H,1,5-6,11-12H2,(H,30,33);2-3,6-9,15-17,31H,1,4-5,10-11H2,(H,29,32);2-5,8-9,18,31H,6-7,11H2,1H3,(H,29,32);3-4,7-9,15,28H,5-6,10H2,1-2H3,(H,25,29)/t16-,17+,18?;15-,16+,17?;;. The Kier molecular flexibility index (Phi) is 28.9. The number of carbonyl (C=O) groups excluding carboxylic acids is 6. The zero-order valence-electron chi connectivity index (χ0n) is 67.8. The Balaban J connectivity index is 0.000000165. The third-order valence-corrected chi connectivity index (χ3v) is 23.3. The van der Waals surface area contributed by atoms with Gasteiger partial charge in [-0.05, 0) is 221 Å². The summed E-state index contributed by atoms with van der Waals surface area (Å²) >= 11 is 3.01. The van der Waals surface area contributed by atoms with Gasteiger partial charge in [0, 0.05) is 89.8 Å². The van der Waals surface area contributed by atoms with Crippen LogP contribution in [0.3, 0.4) is 0 Å². The minimum atomic E-state index is -4.43. The molecule has 0 aliphatic carbocycles. The van der Waals surface area contributed by atoms with E-state index in [1.165, 1.54) is 45.1 Å². The number of aromatic nitrogens is 2. The van der Waals surface area contributed by atoms with E-state index in [2.05, 4.69) is 60.3 Å². The Morgan fingerprint density at radius 1 is 0.477 bits per heavy atom. The quantitative estimate of drug-likeness (QED) is 0.0293. The van der Waals surface area contributed by atoms with Crippen LogP contribution in [0.2, 0.25) is 0 Å². The molecule has 8 N–H and O–H groups in total. The van der Waals surface area contributed by atoms with Crippen molar-refractivity contribution in [2.45, 2.75) is 162 Å². The van der Waals surface area contributed by atoms with Gasteiger partial charge in [-0.1, -0.05) is 13.2 Å². The smallest absolute Gasteiger partial charge is 0.352 e. The minimum Gasteiger partial charge on any atom is -0.393 e.